The molecule has 112 valence electrons. The zero-order chi connectivity index (χ0) is 14.5. The summed E-state index contributed by atoms with van der Waals surface area (Å²) >= 11 is 1.66. The van der Waals surface area contributed by atoms with Crippen molar-refractivity contribution in [1.29, 1.82) is 0 Å². The van der Waals surface area contributed by atoms with Crippen molar-refractivity contribution in [3.63, 3.8) is 0 Å². The fraction of sp³-hybridized carbons (Fsp3) is 0.417. The van der Waals surface area contributed by atoms with E-state index < -0.39 is 0 Å². The van der Waals surface area contributed by atoms with Crippen LogP contribution < -0.4 is 21.5 Å². The summed E-state index contributed by atoms with van der Waals surface area (Å²) in [5, 5.41) is 7.31. The number of morpholine rings is 1. The molecule has 9 heteroatoms. The maximum atomic E-state index is 5.44. The summed E-state index contributed by atoms with van der Waals surface area (Å²) in [6.45, 7) is 3.54. The first-order valence-electron chi connectivity index (χ1n) is 6.65. The molecule has 3 rings (SSSR count). The molecular weight excluding hydrogens is 290 g/mol. The molecule has 0 radical (unpaired) electrons. The molecule has 21 heavy (non-hydrogen) atoms. The Hall–Kier alpha value is -1.97. The summed E-state index contributed by atoms with van der Waals surface area (Å²) in [4.78, 5) is 15.0. The van der Waals surface area contributed by atoms with Gasteiger partial charge in [-0.1, -0.05) is 0 Å². The third-order valence-corrected chi connectivity index (χ3v) is 3.81. The Labute approximate surface area is 126 Å². The normalized spacial score (nSPS) is 15.0. The van der Waals surface area contributed by atoms with Gasteiger partial charge in [0.1, 0.15) is 0 Å². The van der Waals surface area contributed by atoms with Gasteiger partial charge in [-0.15, -0.1) is 0 Å². The summed E-state index contributed by atoms with van der Waals surface area (Å²) in [7, 11) is 0. The van der Waals surface area contributed by atoms with E-state index in [0.29, 0.717) is 37.6 Å². The topological polar surface area (TPSA) is 101 Å². The predicted octanol–water partition coefficient (Wildman–Crippen LogP) is 0.667. The van der Waals surface area contributed by atoms with Crippen LogP contribution in [0.25, 0.3) is 0 Å². The molecule has 2 aromatic heterocycles. The Morgan fingerprint density at radius 2 is 2.05 bits per heavy atom. The van der Waals surface area contributed by atoms with E-state index in [-0.39, 0.29) is 0 Å². The van der Waals surface area contributed by atoms with Gasteiger partial charge in [-0.25, -0.2) is 5.84 Å². The molecule has 2 aromatic rings. The summed E-state index contributed by atoms with van der Waals surface area (Å²) in [6, 6.07) is 2.06. The average Bonchev–Trinajstić information content (AvgIpc) is 3.07. The Morgan fingerprint density at radius 1 is 1.24 bits per heavy atom. The molecule has 1 aliphatic heterocycles. The van der Waals surface area contributed by atoms with Gasteiger partial charge in [0.15, 0.2) is 0 Å². The molecule has 0 atom stereocenters. The lowest BCUT2D eigenvalue weighted by molar-refractivity contribution is 0.122. The lowest BCUT2D eigenvalue weighted by atomic mass is 10.3. The van der Waals surface area contributed by atoms with E-state index in [1.165, 1.54) is 5.56 Å². The number of hydrogen-bond donors (Lipinski definition) is 3. The second-order valence-corrected chi connectivity index (χ2v) is 5.29. The molecule has 0 aromatic carbocycles. The Bertz CT molecular complexity index is 571. The number of anilines is 3. The minimum atomic E-state index is 0.347. The van der Waals surface area contributed by atoms with Crippen LogP contribution in [0, 0.1) is 0 Å². The molecule has 0 spiro atoms. The first-order valence-corrected chi connectivity index (χ1v) is 7.60. The first kappa shape index (κ1) is 14.0. The van der Waals surface area contributed by atoms with Gasteiger partial charge in [-0.3, -0.25) is 5.43 Å². The Balaban J connectivity index is 1.75. The van der Waals surface area contributed by atoms with Crippen molar-refractivity contribution in [2.75, 3.05) is 41.9 Å². The summed E-state index contributed by atoms with van der Waals surface area (Å²) < 4.78 is 5.34. The molecule has 8 nitrogen and oxygen atoms in total. The molecule has 0 saturated carbocycles. The molecule has 0 aliphatic carbocycles. The Kier molecular flexibility index (Phi) is 4.43. The zero-order valence-corrected chi connectivity index (χ0v) is 12.3. The predicted molar refractivity (Wildman–Crippen MR) is 82.3 cm³/mol. The number of nitrogens with one attached hydrogen (secondary N) is 2. The number of ether oxygens (including phenoxy) is 1. The van der Waals surface area contributed by atoms with Gasteiger partial charge in [-0.05, 0) is 22.4 Å². The largest absolute Gasteiger partial charge is 0.378 e. The Morgan fingerprint density at radius 3 is 2.76 bits per heavy atom. The smallest absolute Gasteiger partial charge is 0.243 e. The van der Waals surface area contributed by atoms with Crippen LogP contribution in [0.5, 0.6) is 0 Å². The SMILES string of the molecule is NNc1nc(NCc2ccsc2)nc(N2CCOCC2)n1. The first-order chi connectivity index (χ1) is 10.3. The molecule has 0 bridgehead atoms. The van der Waals surface area contributed by atoms with E-state index in [1.54, 1.807) is 11.3 Å². The van der Waals surface area contributed by atoms with Crippen LogP contribution in [0.1, 0.15) is 5.56 Å². The molecule has 1 saturated heterocycles. The van der Waals surface area contributed by atoms with Crippen LogP contribution in [-0.4, -0.2) is 41.3 Å². The number of nitrogens with zero attached hydrogens (tertiary/aromatic N) is 4. The highest BCUT2D eigenvalue weighted by atomic mass is 32.1. The second-order valence-electron chi connectivity index (χ2n) is 4.51. The number of thiophene rings is 1. The average molecular weight is 307 g/mol. The van der Waals surface area contributed by atoms with Crippen molar-refractivity contribution in [1.82, 2.24) is 15.0 Å². The van der Waals surface area contributed by atoms with Crippen molar-refractivity contribution in [2.24, 2.45) is 5.84 Å². The van der Waals surface area contributed by atoms with E-state index in [2.05, 4.69) is 42.0 Å². The molecule has 3 heterocycles. The summed E-state index contributed by atoms with van der Waals surface area (Å²) in [5.41, 5.74) is 3.67. The quantitative estimate of drug-likeness (QED) is 0.547. The van der Waals surface area contributed by atoms with Crippen molar-refractivity contribution in [2.45, 2.75) is 6.54 Å². The maximum Gasteiger partial charge on any atom is 0.243 e. The lowest BCUT2D eigenvalue weighted by Gasteiger charge is -2.27. The second kappa shape index (κ2) is 6.66. The third-order valence-electron chi connectivity index (χ3n) is 3.08. The third kappa shape index (κ3) is 3.57. The highest BCUT2D eigenvalue weighted by molar-refractivity contribution is 7.07. The summed E-state index contributed by atoms with van der Waals surface area (Å²) in [5.74, 6) is 6.89. The number of hydrazine groups is 1. The zero-order valence-electron chi connectivity index (χ0n) is 11.5. The molecule has 4 N–H and O–H groups in total. The van der Waals surface area contributed by atoms with Gasteiger partial charge < -0.3 is 15.0 Å². The fourth-order valence-electron chi connectivity index (χ4n) is 1.99. The van der Waals surface area contributed by atoms with E-state index in [0.717, 1.165) is 13.1 Å². The van der Waals surface area contributed by atoms with Crippen LogP contribution in [-0.2, 0) is 11.3 Å². The van der Waals surface area contributed by atoms with Gasteiger partial charge in [0.2, 0.25) is 17.8 Å². The molecule has 1 aliphatic rings. The van der Waals surface area contributed by atoms with Crippen molar-refractivity contribution >= 4 is 29.2 Å². The maximum absolute atomic E-state index is 5.44. The van der Waals surface area contributed by atoms with Crippen LogP contribution in [0.2, 0.25) is 0 Å². The van der Waals surface area contributed by atoms with E-state index >= 15 is 0 Å². The van der Waals surface area contributed by atoms with Gasteiger partial charge >= 0.3 is 0 Å². The van der Waals surface area contributed by atoms with Crippen molar-refractivity contribution in [3.05, 3.63) is 22.4 Å². The van der Waals surface area contributed by atoms with Crippen LogP contribution in [0.15, 0.2) is 16.8 Å². The van der Waals surface area contributed by atoms with E-state index in [4.69, 9.17) is 10.6 Å². The highest BCUT2D eigenvalue weighted by Crippen LogP contribution is 2.15. The van der Waals surface area contributed by atoms with Crippen LogP contribution in [0.4, 0.5) is 17.8 Å². The van der Waals surface area contributed by atoms with Gasteiger partial charge in [0, 0.05) is 19.6 Å². The minimum absolute atomic E-state index is 0.347. The molecule has 1 fully saturated rings. The molecular formula is C12H17N7OS. The molecule has 0 unspecified atom stereocenters. The number of rotatable bonds is 5. The fourth-order valence-corrected chi connectivity index (χ4v) is 2.66. The van der Waals surface area contributed by atoms with Crippen LogP contribution >= 0.6 is 11.3 Å². The van der Waals surface area contributed by atoms with Crippen LogP contribution in [0.3, 0.4) is 0 Å². The van der Waals surface area contributed by atoms with Gasteiger partial charge in [0.05, 0.1) is 13.2 Å². The monoisotopic (exact) mass is 307 g/mol. The van der Waals surface area contributed by atoms with Crippen molar-refractivity contribution < 1.29 is 4.74 Å². The number of nitrogens with two attached hydrogens (primary N) is 1. The van der Waals surface area contributed by atoms with Gasteiger partial charge in [-0.2, -0.15) is 26.3 Å². The summed E-state index contributed by atoms with van der Waals surface area (Å²) in [6.07, 6.45) is 0. The van der Waals surface area contributed by atoms with E-state index in [9.17, 15) is 0 Å². The number of hydrogen-bond acceptors (Lipinski definition) is 9. The number of nitrogen functional groups attached to an aromatic ring is 1. The van der Waals surface area contributed by atoms with Crippen molar-refractivity contribution in [3.8, 4) is 0 Å². The van der Waals surface area contributed by atoms with Gasteiger partial charge in [0.25, 0.3) is 0 Å². The lowest BCUT2D eigenvalue weighted by Crippen LogP contribution is -2.37. The standard InChI is InChI=1S/C12H17N7OS/c13-18-11-15-10(14-7-9-1-6-21-8-9)16-12(17-11)19-2-4-20-5-3-19/h1,6,8H,2-5,7,13H2,(H2,14,15,16,17,18). The molecule has 0 amide bonds. The minimum Gasteiger partial charge on any atom is -0.378 e. The number of aromatic nitrogens is 3. The van der Waals surface area contributed by atoms with E-state index in [1.807, 2.05) is 5.38 Å². The highest BCUT2D eigenvalue weighted by Gasteiger charge is 2.16.